The van der Waals surface area contributed by atoms with E-state index in [2.05, 4.69) is 0 Å². The Labute approximate surface area is 122 Å². The number of hydrogen-bond acceptors (Lipinski definition) is 3. The van der Waals surface area contributed by atoms with Gasteiger partial charge in [0.1, 0.15) is 0 Å². The van der Waals surface area contributed by atoms with Crippen molar-refractivity contribution in [3.63, 3.8) is 0 Å². The lowest BCUT2D eigenvalue weighted by Gasteiger charge is -2.38. The third-order valence-electron chi connectivity index (χ3n) is 3.56. The van der Waals surface area contributed by atoms with Gasteiger partial charge in [0, 0.05) is 38.2 Å². The Morgan fingerprint density at radius 2 is 2.16 bits per heavy atom. The van der Waals surface area contributed by atoms with Crippen molar-refractivity contribution in [1.29, 1.82) is 0 Å². The minimum Gasteiger partial charge on any atom is -0.383 e. The molecule has 0 aromatic heterocycles. The summed E-state index contributed by atoms with van der Waals surface area (Å²) in [6.07, 6.45) is 2.80. The zero-order valence-corrected chi connectivity index (χ0v) is 13.6. The quantitative estimate of drug-likeness (QED) is 0.672. The fourth-order valence-corrected chi connectivity index (χ4v) is 5.02. The van der Waals surface area contributed by atoms with Crippen molar-refractivity contribution in [3.8, 4) is 0 Å². The first kappa shape index (κ1) is 17.2. The Morgan fingerprint density at radius 1 is 1.47 bits per heavy atom. The van der Waals surface area contributed by atoms with Crippen LogP contribution in [0.5, 0.6) is 0 Å². The number of hydrogen-bond donors (Lipinski definition) is 0. The molecule has 0 radical (unpaired) electrons. The monoisotopic (exact) mass is 312 g/mol. The van der Waals surface area contributed by atoms with Crippen molar-refractivity contribution in [1.82, 2.24) is 8.61 Å². The average Bonchev–Trinajstić information content (AvgIpc) is 2.39. The van der Waals surface area contributed by atoms with Crippen molar-refractivity contribution in [2.24, 2.45) is 0 Å². The minimum atomic E-state index is -3.45. The lowest BCUT2D eigenvalue weighted by Crippen LogP contribution is -2.54. The van der Waals surface area contributed by atoms with Gasteiger partial charge in [0.05, 0.1) is 6.61 Å². The molecule has 1 aliphatic rings. The topological polar surface area (TPSA) is 49.9 Å². The lowest BCUT2D eigenvalue weighted by atomic mass is 10.1. The number of halogens is 1. The van der Waals surface area contributed by atoms with Crippen LogP contribution in [0.3, 0.4) is 0 Å². The molecule has 0 saturated carbocycles. The molecule has 1 aliphatic heterocycles. The fraction of sp³-hybridized carbons (Fsp3) is 1.00. The largest absolute Gasteiger partial charge is 0.383 e. The van der Waals surface area contributed by atoms with E-state index in [1.165, 1.54) is 4.31 Å². The molecule has 114 valence electrons. The maximum atomic E-state index is 12.7. The van der Waals surface area contributed by atoms with Crippen molar-refractivity contribution in [2.75, 3.05) is 32.7 Å². The summed E-state index contributed by atoms with van der Waals surface area (Å²) in [6.45, 7) is 5.12. The standard InChI is InChI=1S/C12H25ClN2O3S/c1-4-14(11(2)10-18-3)19(16,17)15-8-6-5-7-12(15)9-13/h11-12H,4-10H2,1-3H3. The fourth-order valence-electron chi connectivity index (χ4n) is 2.59. The molecule has 0 N–H and O–H groups in total. The minimum absolute atomic E-state index is 0.0794. The average molecular weight is 313 g/mol. The van der Waals surface area contributed by atoms with Crippen LogP contribution in [0.2, 0.25) is 0 Å². The number of alkyl halides is 1. The molecule has 2 atom stereocenters. The Kier molecular flexibility index (Phi) is 7.04. The molecule has 1 heterocycles. The second-order valence-electron chi connectivity index (χ2n) is 4.93. The summed E-state index contributed by atoms with van der Waals surface area (Å²) < 4.78 is 33.6. The number of likely N-dealkylation sites (N-methyl/N-ethyl adjacent to an activating group) is 1. The Morgan fingerprint density at radius 3 is 2.68 bits per heavy atom. The van der Waals surface area contributed by atoms with Crippen LogP contribution in [0.1, 0.15) is 33.1 Å². The maximum absolute atomic E-state index is 12.7. The van der Waals surface area contributed by atoms with Gasteiger partial charge in [-0.1, -0.05) is 13.3 Å². The van der Waals surface area contributed by atoms with Crippen molar-refractivity contribution in [2.45, 2.75) is 45.2 Å². The van der Waals surface area contributed by atoms with Crippen LogP contribution in [-0.4, -0.2) is 61.8 Å². The number of rotatable bonds is 7. The van der Waals surface area contributed by atoms with E-state index >= 15 is 0 Å². The molecule has 1 rings (SSSR count). The molecule has 0 bridgehead atoms. The van der Waals surface area contributed by atoms with E-state index in [4.69, 9.17) is 16.3 Å². The summed E-state index contributed by atoms with van der Waals surface area (Å²) in [5.41, 5.74) is 0. The van der Waals surface area contributed by atoms with Gasteiger partial charge >= 0.3 is 0 Å². The zero-order valence-electron chi connectivity index (χ0n) is 12.0. The zero-order chi connectivity index (χ0) is 14.5. The summed E-state index contributed by atoms with van der Waals surface area (Å²) in [6, 6.07) is -0.248. The van der Waals surface area contributed by atoms with Crippen LogP contribution in [0.25, 0.3) is 0 Å². The van der Waals surface area contributed by atoms with Gasteiger partial charge in [0.15, 0.2) is 0 Å². The number of methoxy groups -OCH3 is 1. The molecule has 7 heteroatoms. The van der Waals surface area contributed by atoms with E-state index in [0.717, 1.165) is 19.3 Å². The van der Waals surface area contributed by atoms with Gasteiger partial charge in [-0.05, 0) is 19.8 Å². The SMILES string of the molecule is CCN(C(C)COC)S(=O)(=O)N1CCCCC1CCl. The molecule has 2 unspecified atom stereocenters. The Balaban J connectivity index is 2.92. The highest BCUT2D eigenvalue weighted by atomic mass is 35.5. The summed E-state index contributed by atoms with van der Waals surface area (Å²) >= 11 is 5.92. The normalized spacial score (nSPS) is 23.7. The molecule has 0 aromatic carbocycles. The molecular weight excluding hydrogens is 288 g/mol. The number of nitrogens with zero attached hydrogens (tertiary/aromatic N) is 2. The van der Waals surface area contributed by atoms with Crippen LogP contribution in [-0.2, 0) is 14.9 Å². The summed E-state index contributed by atoms with van der Waals surface area (Å²) in [7, 11) is -1.87. The first-order chi connectivity index (χ1) is 8.98. The Hall–Kier alpha value is 0.120. The molecule has 1 fully saturated rings. The third-order valence-corrected chi connectivity index (χ3v) is 6.20. The van der Waals surface area contributed by atoms with Gasteiger partial charge in [-0.15, -0.1) is 11.6 Å². The lowest BCUT2D eigenvalue weighted by molar-refractivity contribution is 0.135. The number of ether oxygens (including phenoxy) is 1. The predicted molar refractivity (Wildman–Crippen MR) is 77.7 cm³/mol. The van der Waals surface area contributed by atoms with Crippen molar-refractivity contribution in [3.05, 3.63) is 0 Å². The van der Waals surface area contributed by atoms with E-state index in [1.54, 1.807) is 11.4 Å². The van der Waals surface area contributed by atoms with Crippen LogP contribution in [0.4, 0.5) is 0 Å². The van der Waals surface area contributed by atoms with E-state index in [-0.39, 0.29) is 12.1 Å². The summed E-state index contributed by atoms with van der Waals surface area (Å²) in [5.74, 6) is 0.357. The summed E-state index contributed by atoms with van der Waals surface area (Å²) in [4.78, 5) is 0. The van der Waals surface area contributed by atoms with E-state index in [1.807, 2.05) is 13.8 Å². The predicted octanol–water partition coefficient (Wildman–Crippen LogP) is 1.68. The first-order valence-electron chi connectivity index (χ1n) is 6.82. The van der Waals surface area contributed by atoms with E-state index < -0.39 is 10.2 Å². The van der Waals surface area contributed by atoms with Crippen molar-refractivity contribution >= 4 is 21.8 Å². The molecule has 5 nitrogen and oxygen atoms in total. The van der Waals surface area contributed by atoms with Crippen LogP contribution >= 0.6 is 11.6 Å². The molecule has 0 spiro atoms. The van der Waals surface area contributed by atoms with Crippen molar-refractivity contribution < 1.29 is 13.2 Å². The van der Waals surface area contributed by atoms with Gasteiger partial charge in [-0.25, -0.2) is 0 Å². The van der Waals surface area contributed by atoms with Crippen LogP contribution in [0.15, 0.2) is 0 Å². The molecule has 0 aliphatic carbocycles. The van der Waals surface area contributed by atoms with Gasteiger partial charge in [0.25, 0.3) is 10.2 Å². The molecule has 0 amide bonds. The van der Waals surface area contributed by atoms with Crippen LogP contribution in [0, 0.1) is 0 Å². The van der Waals surface area contributed by atoms with E-state index in [9.17, 15) is 8.42 Å². The number of piperidine rings is 1. The Bertz CT molecular complexity index is 364. The molecule has 0 aromatic rings. The smallest absolute Gasteiger partial charge is 0.282 e. The second kappa shape index (κ2) is 7.78. The maximum Gasteiger partial charge on any atom is 0.282 e. The van der Waals surface area contributed by atoms with Gasteiger partial charge in [-0.3, -0.25) is 0 Å². The highest BCUT2D eigenvalue weighted by Crippen LogP contribution is 2.24. The van der Waals surface area contributed by atoms with Gasteiger partial charge in [0.2, 0.25) is 0 Å². The highest BCUT2D eigenvalue weighted by Gasteiger charge is 2.37. The van der Waals surface area contributed by atoms with Gasteiger partial charge < -0.3 is 4.74 Å². The summed E-state index contributed by atoms with van der Waals surface area (Å²) in [5, 5.41) is 0. The van der Waals surface area contributed by atoms with Gasteiger partial charge in [-0.2, -0.15) is 17.0 Å². The van der Waals surface area contributed by atoms with E-state index in [0.29, 0.717) is 25.6 Å². The molecule has 19 heavy (non-hydrogen) atoms. The van der Waals surface area contributed by atoms with Crippen LogP contribution < -0.4 is 0 Å². The highest BCUT2D eigenvalue weighted by molar-refractivity contribution is 7.86. The molecular formula is C12H25ClN2O3S. The second-order valence-corrected chi connectivity index (χ2v) is 7.07. The first-order valence-corrected chi connectivity index (χ1v) is 8.75. The third kappa shape index (κ3) is 4.04. The molecule has 1 saturated heterocycles.